The molecule has 20 heavy (non-hydrogen) atoms. The van der Waals surface area contributed by atoms with Crippen molar-refractivity contribution in [1.82, 2.24) is 5.32 Å². The maximum atomic E-state index is 5.41. The van der Waals surface area contributed by atoms with Gasteiger partial charge in [-0.1, -0.05) is 37.3 Å². The zero-order chi connectivity index (χ0) is 14.4. The molecule has 0 aliphatic rings. The molecular formula is C17H21NO2. The van der Waals surface area contributed by atoms with Crippen molar-refractivity contribution in [1.29, 1.82) is 0 Å². The van der Waals surface area contributed by atoms with Crippen molar-refractivity contribution < 1.29 is 9.47 Å². The van der Waals surface area contributed by atoms with Crippen molar-refractivity contribution in [3.05, 3.63) is 48.0 Å². The Hall–Kier alpha value is -2.00. The summed E-state index contributed by atoms with van der Waals surface area (Å²) in [4.78, 5) is 0. The Bertz CT molecular complexity index is 552. The van der Waals surface area contributed by atoms with Crippen molar-refractivity contribution >= 4 is 0 Å². The molecule has 0 bridgehead atoms. The summed E-state index contributed by atoms with van der Waals surface area (Å²) < 4.78 is 10.8. The van der Waals surface area contributed by atoms with E-state index in [2.05, 4.69) is 24.4 Å². The fraction of sp³-hybridized carbons (Fsp3) is 0.294. The molecule has 1 N–H and O–H groups in total. The van der Waals surface area contributed by atoms with Gasteiger partial charge in [0, 0.05) is 6.54 Å². The molecule has 0 unspecified atom stereocenters. The van der Waals surface area contributed by atoms with Crippen LogP contribution < -0.4 is 14.8 Å². The van der Waals surface area contributed by atoms with E-state index in [-0.39, 0.29) is 0 Å². The Morgan fingerprint density at radius 1 is 0.950 bits per heavy atom. The van der Waals surface area contributed by atoms with Gasteiger partial charge in [-0.3, -0.25) is 0 Å². The Balaban J connectivity index is 2.51. The highest BCUT2D eigenvalue weighted by atomic mass is 16.5. The van der Waals surface area contributed by atoms with Crippen LogP contribution in [-0.2, 0) is 6.54 Å². The van der Waals surface area contributed by atoms with E-state index in [1.165, 1.54) is 16.7 Å². The first-order chi connectivity index (χ1) is 9.80. The lowest BCUT2D eigenvalue weighted by atomic mass is 9.98. The van der Waals surface area contributed by atoms with Gasteiger partial charge < -0.3 is 14.8 Å². The molecular weight excluding hydrogens is 250 g/mol. The van der Waals surface area contributed by atoms with Crippen LogP contribution in [0.4, 0.5) is 0 Å². The smallest absolute Gasteiger partial charge is 0.161 e. The third kappa shape index (κ3) is 3.11. The number of hydrogen-bond acceptors (Lipinski definition) is 3. The summed E-state index contributed by atoms with van der Waals surface area (Å²) in [6, 6.07) is 14.4. The SMILES string of the molecule is CCNCc1cc(OC)c(OC)cc1-c1ccccc1. The van der Waals surface area contributed by atoms with Gasteiger partial charge in [0.15, 0.2) is 11.5 Å². The van der Waals surface area contributed by atoms with E-state index in [4.69, 9.17) is 9.47 Å². The third-order valence-corrected chi connectivity index (χ3v) is 3.26. The maximum Gasteiger partial charge on any atom is 0.161 e. The molecule has 0 saturated heterocycles. The molecule has 2 aromatic rings. The first kappa shape index (κ1) is 14.4. The average Bonchev–Trinajstić information content (AvgIpc) is 2.52. The normalized spacial score (nSPS) is 10.3. The van der Waals surface area contributed by atoms with Gasteiger partial charge in [-0.15, -0.1) is 0 Å². The zero-order valence-electron chi connectivity index (χ0n) is 12.3. The van der Waals surface area contributed by atoms with Gasteiger partial charge >= 0.3 is 0 Å². The Kier molecular flexibility index (Phi) is 5.02. The molecule has 0 spiro atoms. The van der Waals surface area contributed by atoms with Gasteiger partial charge in [0.25, 0.3) is 0 Å². The lowest BCUT2D eigenvalue weighted by Crippen LogP contribution is -2.12. The second kappa shape index (κ2) is 6.96. The maximum absolute atomic E-state index is 5.41. The lowest BCUT2D eigenvalue weighted by Gasteiger charge is -2.15. The minimum absolute atomic E-state index is 0.756. The van der Waals surface area contributed by atoms with Crippen LogP contribution in [0, 0.1) is 0 Å². The largest absolute Gasteiger partial charge is 0.493 e. The van der Waals surface area contributed by atoms with Gasteiger partial charge in [0.2, 0.25) is 0 Å². The molecule has 0 aromatic heterocycles. The van der Waals surface area contributed by atoms with E-state index < -0.39 is 0 Å². The van der Waals surface area contributed by atoms with Gasteiger partial charge in [0.1, 0.15) is 0 Å². The van der Waals surface area contributed by atoms with Crippen LogP contribution in [0.3, 0.4) is 0 Å². The Morgan fingerprint density at radius 3 is 2.20 bits per heavy atom. The first-order valence-electron chi connectivity index (χ1n) is 6.81. The molecule has 106 valence electrons. The van der Waals surface area contributed by atoms with Crippen molar-refractivity contribution in [2.75, 3.05) is 20.8 Å². The van der Waals surface area contributed by atoms with E-state index in [1.807, 2.05) is 30.3 Å². The second-order valence-corrected chi connectivity index (χ2v) is 4.51. The van der Waals surface area contributed by atoms with E-state index in [1.54, 1.807) is 14.2 Å². The lowest BCUT2D eigenvalue weighted by molar-refractivity contribution is 0.354. The predicted octanol–water partition coefficient (Wildman–Crippen LogP) is 3.48. The molecule has 0 heterocycles. The highest BCUT2D eigenvalue weighted by molar-refractivity contribution is 5.71. The topological polar surface area (TPSA) is 30.5 Å². The number of nitrogens with one attached hydrogen (secondary N) is 1. The second-order valence-electron chi connectivity index (χ2n) is 4.51. The van der Waals surface area contributed by atoms with E-state index in [9.17, 15) is 0 Å². The molecule has 3 nitrogen and oxygen atoms in total. The monoisotopic (exact) mass is 271 g/mol. The Morgan fingerprint density at radius 2 is 1.60 bits per heavy atom. The fourth-order valence-electron chi connectivity index (χ4n) is 2.21. The number of benzene rings is 2. The van der Waals surface area contributed by atoms with Gasteiger partial charge in [-0.2, -0.15) is 0 Å². The number of hydrogen-bond donors (Lipinski definition) is 1. The predicted molar refractivity (Wildman–Crippen MR) is 82.4 cm³/mol. The minimum Gasteiger partial charge on any atom is -0.493 e. The summed E-state index contributed by atoms with van der Waals surface area (Å²) in [6.45, 7) is 3.84. The number of ether oxygens (including phenoxy) is 2. The summed E-state index contributed by atoms with van der Waals surface area (Å²) in [5.74, 6) is 1.52. The van der Waals surface area contributed by atoms with Crippen LogP contribution in [0.15, 0.2) is 42.5 Å². The molecule has 0 fully saturated rings. The molecule has 2 rings (SSSR count). The summed E-state index contributed by atoms with van der Waals surface area (Å²) in [7, 11) is 3.33. The third-order valence-electron chi connectivity index (χ3n) is 3.26. The van der Waals surface area contributed by atoms with Crippen LogP contribution in [0.5, 0.6) is 11.5 Å². The molecule has 2 aromatic carbocycles. The minimum atomic E-state index is 0.756. The molecule has 0 radical (unpaired) electrons. The molecule has 0 saturated carbocycles. The van der Waals surface area contributed by atoms with E-state index in [0.29, 0.717) is 0 Å². The highest BCUT2D eigenvalue weighted by Crippen LogP contribution is 2.35. The van der Waals surface area contributed by atoms with Crippen molar-refractivity contribution in [2.24, 2.45) is 0 Å². The van der Waals surface area contributed by atoms with Crippen molar-refractivity contribution in [3.8, 4) is 22.6 Å². The number of methoxy groups -OCH3 is 2. The Labute approximate surface area is 120 Å². The van der Waals surface area contributed by atoms with Gasteiger partial charge in [-0.25, -0.2) is 0 Å². The van der Waals surface area contributed by atoms with Crippen molar-refractivity contribution in [2.45, 2.75) is 13.5 Å². The molecule has 3 heteroatoms. The molecule has 0 aliphatic carbocycles. The highest BCUT2D eigenvalue weighted by Gasteiger charge is 2.12. The molecule has 0 atom stereocenters. The summed E-state index contributed by atoms with van der Waals surface area (Å²) in [5.41, 5.74) is 3.56. The zero-order valence-corrected chi connectivity index (χ0v) is 12.3. The summed E-state index contributed by atoms with van der Waals surface area (Å²) >= 11 is 0. The van der Waals surface area contributed by atoms with Crippen LogP contribution in [0.2, 0.25) is 0 Å². The van der Waals surface area contributed by atoms with E-state index in [0.717, 1.165) is 24.6 Å². The first-order valence-corrected chi connectivity index (χ1v) is 6.81. The average molecular weight is 271 g/mol. The van der Waals surface area contributed by atoms with Crippen LogP contribution >= 0.6 is 0 Å². The molecule has 0 aliphatic heterocycles. The quantitative estimate of drug-likeness (QED) is 0.872. The van der Waals surface area contributed by atoms with Gasteiger partial charge in [0.05, 0.1) is 14.2 Å². The van der Waals surface area contributed by atoms with Crippen LogP contribution in [-0.4, -0.2) is 20.8 Å². The van der Waals surface area contributed by atoms with Crippen LogP contribution in [0.1, 0.15) is 12.5 Å². The standard InChI is InChI=1S/C17H21NO2/c1-4-18-12-14-10-16(19-2)17(20-3)11-15(14)13-8-6-5-7-9-13/h5-11,18H,4,12H2,1-3H3. The van der Waals surface area contributed by atoms with Crippen LogP contribution in [0.25, 0.3) is 11.1 Å². The summed E-state index contributed by atoms with van der Waals surface area (Å²) in [6.07, 6.45) is 0. The van der Waals surface area contributed by atoms with E-state index >= 15 is 0 Å². The van der Waals surface area contributed by atoms with Gasteiger partial charge in [-0.05, 0) is 35.4 Å². The molecule has 0 amide bonds. The fourth-order valence-corrected chi connectivity index (χ4v) is 2.21. The number of rotatable bonds is 6. The van der Waals surface area contributed by atoms with Crippen molar-refractivity contribution in [3.63, 3.8) is 0 Å². The summed E-state index contributed by atoms with van der Waals surface area (Å²) in [5, 5.41) is 3.37.